The Morgan fingerprint density at radius 2 is 2.21 bits per heavy atom. The molecule has 0 saturated carbocycles. The fourth-order valence-electron chi connectivity index (χ4n) is 1.47. The smallest absolute Gasteiger partial charge is 0.422 e. The summed E-state index contributed by atoms with van der Waals surface area (Å²) in [5.41, 5.74) is 0.242. The molecule has 19 heavy (non-hydrogen) atoms. The molecule has 0 aliphatic heterocycles. The van der Waals surface area contributed by atoms with Gasteiger partial charge in [-0.15, -0.1) is 0 Å². The summed E-state index contributed by atoms with van der Waals surface area (Å²) in [5.74, 6) is 0.584. The Morgan fingerprint density at radius 1 is 1.47 bits per heavy atom. The van der Waals surface area contributed by atoms with Gasteiger partial charge in [0.1, 0.15) is 5.82 Å². The van der Waals surface area contributed by atoms with E-state index in [9.17, 15) is 0 Å². The maximum Gasteiger partial charge on any atom is 0.510 e. The maximum absolute atomic E-state index is 9.04. The van der Waals surface area contributed by atoms with Gasteiger partial charge >= 0.3 is 7.12 Å². The van der Waals surface area contributed by atoms with E-state index in [1.165, 1.54) is 10.6 Å². The highest BCUT2D eigenvalue weighted by atomic mass is 16.4. The first-order valence-electron chi connectivity index (χ1n) is 5.79. The number of anilines is 1. The first-order valence-corrected chi connectivity index (χ1v) is 5.79. The molecule has 0 spiro atoms. The Bertz CT molecular complexity index is 632. The molecule has 0 saturated heterocycles. The quantitative estimate of drug-likeness (QED) is 0.631. The van der Waals surface area contributed by atoms with E-state index in [2.05, 4.69) is 21.5 Å². The number of rotatable bonds is 4. The molecule has 0 unspecified atom stereocenters. The third-order valence-electron chi connectivity index (χ3n) is 2.62. The summed E-state index contributed by atoms with van der Waals surface area (Å²) in [5, 5.41) is 34.1. The van der Waals surface area contributed by atoms with E-state index in [4.69, 9.17) is 15.3 Å². The minimum absolute atomic E-state index is 0.147. The maximum atomic E-state index is 9.04. The van der Waals surface area contributed by atoms with Crippen molar-refractivity contribution in [1.29, 1.82) is 5.26 Å². The van der Waals surface area contributed by atoms with Crippen molar-refractivity contribution in [2.75, 3.05) is 11.9 Å². The molecule has 0 aromatic carbocycles. The molecule has 2 aromatic rings. The van der Waals surface area contributed by atoms with E-state index in [1.807, 2.05) is 13.8 Å². The summed E-state index contributed by atoms with van der Waals surface area (Å²) >= 11 is 0. The monoisotopic (exact) mass is 259 g/mol. The predicted octanol–water partition coefficient (Wildman–Crippen LogP) is -0.629. The van der Waals surface area contributed by atoms with Crippen LogP contribution in [0.5, 0.6) is 0 Å². The first kappa shape index (κ1) is 13.3. The summed E-state index contributed by atoms with van der Waals surface area (Å²) in [6.07, 6.45) is 1.63. The molecule has 7 nitrogen and oxygen atoms in total. The molecule has 0 aliphatic carbocycles. The van der Waals surface area contributed by atoms with Gasteiger partial charge in [-0.1, -0.05) is 0 Å². The van der Waals surface area contributed by atoms with Crippen LogP contribution in [-0.2, 0) is 0 Å². The molecule has 0 fully saturated rings. The van der Waals surface area contributed by atoms with Crippen LogP contribution >= 0.6 is 0 Å². The van der Waals surface area contributed by atoms with Gasteiger partial charge in [0.15, 0.2) is 5.65 Å². The van der Waals surface area contributed by atoms with E-state index in [1.54, 1.807) is 12.3 Å². The van der Waals surface area contributed by atoms with Crippen molar-refractivity contribution in [1.82, 2.24) is 14.6 Å². The molecule has 0 radical (unpaired) electrons. The molecule has 98 valence electrons. The average Bonchev–Trinajstić information content (AvgIpc) is 2.78. The Kier molecular flexibility index (Phi) is 3.42. The van der Waals surface area contributed by atoms with Crippen LogP contribution in [0.1, 0.15) is 13.8 Å². The van der Waals surface area contributed by atoms with Crippen molar-refractivity contribution < 1.29 is 10.0 Å². The third-order valence-corrected chi connectivity index (χ3v) is 2.62. The highest BCUT2D eigenvalue weighted by Crippen LogP contribution is 2.15. The van der Waals surface area contributed by atoms with Gasteiger partial charge in [0, 0.05) is 6.54 Å². The molecule has 0 bridgehead atoms. The van der Waals surface area contributed by atoms with E-state index in [-0.39, 0.29) is 5.59 Å². The number of nitriles is 1. The molecule has 0 amide bonds. The van der Waals surface area contributed by atoms with Gasteiger partial charge in [-0.25, -0.2) is 9.50 Å². The second kappa shape index (κ2) is 4.88. The number of nitrogens with one attached hydrogen (secondary N) is 1. The lowest BCUT2D eigenvalue weighted by Gasteiger charge is -2.14. The van der Waals surface area contributed by atoms with Crippen LogP contribution in [0.3, 0.4) is 0 Å². The van der Waals surface area contributed by atoms with Crippen molar-refractivity contribution in [3.05, 3.63) is 18.3 Å². The molecule has 0 aliphatic rings. The lowest BCUT2D eigenvalue weighted by atomic mass is 9.86. The summed E-state index contributed by atoms with van der Waals surface area (Å²) in [4.78, 5) is 4.27. The first-order chi connectivity index (χ1) is 8.91. The van der Waals surface area contributed by atoms with E-state index in [0.29, 0.717) is 18.0 Å². The van der Waals surface area contributed by atoms with E-state index < -0.39 is 12.5 Å². The zero-order chi connectivity index (χ0) is 14.0. The normalized spacial score (nSPS) is 11.3. The van der Waals surface area contributed by atoms with Crippen LogP contribution < -0.4 is 10.9 Å². The fourth-order valence-corrected chi connectivity index (χ4v) is 1.47. The Hall–Kier alpha value is -2.11. The molecule has 2 heterocycles. The van der Waals surface area contributed by atoms with Gasteiger partial charge in [0.05, 0.1) is 23.3 Å². The van der Waals surface area contributed by atoms with E-state index in [0.717, 1.165) is 0 Å². The van der Waals surface area contributed by atoms with Gasteiger partial charge in [0.25, 0.3) is 0 Å². The van der Waals surface area contributed by atoms with Crippen molar-refractivity contribution >= 4 is 24.2 Å². The minimum Gasteiger partial charge on any atom is -0.422 e. The van der Waals surface area contributed by atoms with Crippen molar-refractivity contribution in [3.8, 4) is 6.07 Å². The topological polar surface area (TPSA) is 106 Å². The SMILES string of the molecule is CC(C)(C#N)CNc1cn2nc(B(O)O)ccc2n1. The zero-order valence-corrected chi connectivity index (χ0v) is 10.7. The highest BCUT2D eigenvalue weighted by molar-refractivity contribution is 6.57. The number of imidazole rings is 1. The molecule has 3 N–H and O–H groups in total. The summed E-state index contributed by atoms with van der Waals surface area (Å²) < 4.78 is 1.45. The Labute approximate surface area is 110 Å². The van der Waals surface area contributed by atoms with Crippen LogP contribution in [-0.4, -0.2) is 38.3 Å². The zero-order valence-electron chi connectivity index (χ0n) is 10.7. The van der Waals surface area contributed by atoms with E-state index >= 15 is 0 Å². The average molecular weight is 259 g/mol. The lowest BCUT2D eigenvalue weighted by molar-refractivity contribution is 0.423. The largest absolute Gasteiger partial charge is 0.510 e. The Morgan fingerprint density at radius 3 is 2.84 bits per heavy atom. The second-order valence-corrected chi connectivity index (χ2v) is 4.91. The van der Waals surface area contributed by atoms with Crippen molar-refractivity contribution in [2.45, 2.75) is 13.8 Å². The molecular formula is C11H14BN5O2. The van der Waals surface area contributed by atoms with Crippen molar-refractivity contribution in [2.24, 2.45) is 5.41 Å². The Balaban J connectivity index is 2.20. The predicted molar refractivity (Wildman–Crippen MR) is 70.7 cm³/mol. The van der Waals surface area contributed by atoms with Crippen molar-refractivity contribution in [3.63, 3.8) is 0 Å². The van der Waals surface area contributed by atoms with Crippen LogP contribution in [0.2, 0.25) is 0 Å². The number of aromatic nitrogens is 3. The number of nitrogens with zero attached hydrogens (tertiary/aromatic N) is 4. The van der Waals surface area contributed by atoms with Crippen LogP contribution in [0, 0.1) is 16.7 Å². The van der Waals surface area contributed by atoms with Gasteiger partial charge in [-0.2, -0.15) is 10.4 Å². The minimum atomic E-state index is -1.61. The third kappa shape index (κ3) is 3.02. The second-order valence-electron chi connectivity index (χ2n) is 4.91. The number of hydrogen-bond acceptors (Lipinski definition) is 6. The van der Waals surface area contributed by atoms with Crippen LogP contribution in [0.15, 0.2) is 18.3 Å². The lowest BCUT2D eigenvalue weighted by Crippen LogP contribution is -2.33. The van der Waals surface area contributed by atoms with Crippen LogP contribution in [0.4, 0.5) is 5.82 Å². The number of fused-ring (bicyclic) bond motifs is 1. The summed E-state index contributed by atoms with van der Waals surface area (Å²) in [6.45, 7) is 4.12. The number of hydrogen-bond donors (Lipinski definition) is 3. The highest BCUT2D eigenvalue weighted by Gasteiger charge is 2.17. The molecule has 2 aromatic heterocycles. The fraction of sp³-hybridized carbons (Fsp3) is 0.364. The molecule has 2 rings (SSSR count). The molecular weight excluding hydrogens is 245 g/mol. The van der Waals surface area contributed by atoms with Gasteiger partial charge in [-0.05, 0) is 26.0 Å². The van der Waals surface area contributed by atoms with Gasteiger partial charge < -0.3 is 15.4 Å². The molecule has 0 atom stereocenters. The summed E-state index contributed by atoms with van der Waals surface area (Å²) in [7, 11) is -1.61. The van der Waals surface area contributed by atoms with Gasteiger partial charge in [0.2, 0.25) is 0 Å². The standard InChI is InChI=1S/C11H14BN5O2/c1-11(2,6-13)7-14-9-5-17-10(15-9)4-3-8(16-17)12(18)19/h3-5,14,18-19H,7H2,1-2H3. The van der Waals surface area contributed by atoms with Crippen LogP contribution in [0.25, 0.3) is 5.65 Å². The molecule has 8 heteroatoms. The van der Waals surface area contributed by atoms with Gasteiger partial charge in [-0.3, -0.25) is 0 Å². The summed E-state index contributed by atoms with van der Waals surface area (Å²) in [6, 6.07) is 5.33.